The van der Waals surface area contributed by atoms with Crippen LogP contribution in [0.15, 0.2) is 18.3 Å². The Morgan fingerprint density at radius 2 is 2.24 bits per heavy atom. The Bertz CT molecular complexity index is 403. The lowest BCUT2D eigenvalue weighted by Gasteiger charge is -2.09. The van der Waals surface area contributed by atoms with Gasteiger partial charge in [-0.25, -0.2) is 9.78 Å². The highest BCUT2D eigenvalue weighted by atomic mass is 16.4. The number of aromatic nitrogens is 1. The SMILES string of the molecule is CCC(N)C(=O)NCc1ccc(C(=O)O)nc1. The van der Waals surface area contributed by atoms with Gasteiger partial charge in [0, 0.05) is 12.7 Å². The highest BCUT2D eigenvalue weighted by molar-refractivity contribution is 5.85. The summed E-state index contributed by atoms with van der Waals surface area (Å²) in [5.74, 6) is -1.30. The minimum Gasteiger partial charge on any atom is -0.477 e. The Labute approximate surface area is 98.8 Å². The maximum Gasteiger partial charge on any atom is 0.354 e. The Morgan fingerprint density at radius 1 is 1.53 bits per heavy atom. The largest absolute Gasteiger partial charge is 0.477 e. The van der Waals surface area contributed by atoms with E-state index in [9.17, 15) is 9.59 Å². The minimum absolute atomic E-state index is 0.0228. The van der Waals surface area contributed by atoms with E-state index in [1.165, 1.54) is 12.3 Å². The predicted octanol–water partition coefficient (Wildman–Crippen LogP) is 0.133. The highest BCUT2D eigenvalue weighted by Crippen LogP contribution is 2.00. The summed E-state index contributed by atoms with van der Waals surface area (Å²) >= 11 is 0. The first-order valence-electron chi connectivity index (χ1n) is 5.26. The zero-order chi connectivity index (χ0) is 12.8. The molecule has 0 bridgehead atoms. The van der Waals surface area contributed by atoms with Crippen molar-refractivity contribution < 1.29 is 14.7 Å². The molecule has 0 aliphatic rings. The molecule has 1 rings (SSSR count). The molecule has 6 nitrogen and oxygen atoms in total. The Hall–Kier alpha value is -1.95. The highest BCUT2D eigenvalue weighted by Gasteiger charge is 2.10. The fourth-order valence-electron chi connectivity index (χ4n) is 1.16. The van der Waals surface area contributed by atoms with Gasteiger partial charge in [-0.1, -0.05) is 13.0 Å². The first-order valence-corrected chi connectivity index (χ1v) is 5.26. The predicted molar refractivity (Wildman–Crippen MR) is 61.3 cm³/mol. The van der Waals surface area contributed by atoms with Gasteiger partial charge in [0.2, 0.25) is 5.91 Å². The quantitative estimate of drug-likeness (QED) is 0.675. The van der Waals surface area contributed by atoms with E-state index in [1.807, 2.05) is 6.92 Å². The average Bonchev–Trinajstić information content (AvgIpc) is 2.35. The second-order valence-corrected chi connectivity index (χ2v) is 3.59. The van der Waals surface area contributed by atoms with Crippen LogP contribution in [0.25, 0.3) is 0 Å². The van der Waals surface area contributed by atoms with E-state index in [0.29, 0.717) is 13.0 Å². The Kier molecular flexibility index (Phi) is 4.59. The number of carboxylic acid groups (broad SMARTS) is 1. The van der Waals surface area contributed by atoms with E-state index < -0.39 is 12.0 Å². The van der Waals surface area contributed by atoms with Crippen LogP contribution in [0.5, 0.6) is 0 Å². The van der Waals surface area contributed by atoms with Gasteiger partial charge in [-0.05, 0) is 18.1 Å². The van der Waals surface area contributed by atoms with Crippen molar-refractivity contribution in [2.45, 2.75) is 25.9 Å². The molecule has 4 N–H and O–H groups in total. The van der Waals surface area contributed by atoms with Crippen LogP contribution in [0, 0.1) is 0 Å². The van der Waals surface area contributed by atoms with Crippen molar-refractivity contribution in [1.29, 1.82) is 0 Å². The van der Waals surface area contributed by atoms with Crippen molar-refractivity contribution in [3.05, 3.63) is 29.6 Å². The maximum absolute atomic E-state index is 11.4. The molecule has 0 aliphatic carbocycles. The number of nitrogens with zero attached hydrogens (tertiary/aromatic N) is 1. The number of pyridine rings is 1. The molecule has 0 aromatic carbocycles. The molecule has 1 aromatic heterocycles. The first-order chi connectivity index (χ1) is 8.04. The van der Waals surface area contributed by atoms with Crippen molar-refractivity contribution in [2.75, 3.05) is 0 Å². The van der Waals surface area contributed by atoms with E-state index >= 15 is 0 Å². The fraction of sp³-hybridized carbons (Fsp3) is 0.364. The second-order valence-electron chi connectivity index (χ2n) is 3.59. The lowest BCUT2D eigenvalue weighted by atomic mass is 10.2. The molecule has 0 spiro atoms. The monoisotopic (exact) mass is 237 g/mol. The van der Waals surface area contributed by atoms with E-state index in [1.54, 1.807) is 6.07 Å². The van der Waals surface area contributed by atoms with Crippen molar-refractivity contribution >= 4 is 11.9 Å². The molecular formula is C11H15N3O3. The lowest BCUT2D eigenvalue weighted by Crippen LogP contribution is -2.39. The number of carbonyl (C=O) groups is 2. The van der Waals surface area contributed by atoms with Crippen LogP contribution in [0.4, 0.5) is 0 Å². The summed E-state index contributed by atoms with van der Waals surface area (Å²) in [7, 11) is 0. The van der Waals surface area contributed by atoms with Crippen LogP contribution in [0.1, 0.15) is 29.4 Å². The Morgan fingerprint density at radius 3 is 2.71 bits per heavy atom. The smallest absolute Gasteiger partial charge is 0.354 e. The number of rotatable bonds is 5. The molecule has 0 saturated carbocycles. The van der Waals surface area contributed by atoms with Gasteiger partial charge in [0.25, 0.3) is 0 Å². The van der Waals surface area contributed by atoms with Crippen molar-refractivity contribution in [3.8, 4) is 0 Å². The summed E-state index contributed by atoms with van der Waals surface area (Å²) in [5.41, 5.74) is 6.24. The molecule has 1 aromatic rings. The van der Waals surface area contributed by atoms with E-state index in [2.05, 4.69) is 10.3 Å². The number of carbonyl (C=O) groups excluding carboxylic acids is 1. The van der Waals surface area contributed by atoms with Crippen molar-refractivity contribution in [1.82, 2.24) is 10.3 Å². The van der Waals surface area contributed by atoms with Gasteiger partial charge in [0.15, 0.2) is 0 Å². The van der Waals surface area contributed by atoms with Gasteiger partial charge < -0.3 is 16.2 Å². The topological polar surface area (TPSA) is 105 Å². The summed E-state index contributed by atoms with van der Waals surface area (Å²) < 4.78 is 0. The van der Waals surface area contributed by atoms with E-state index in [4.69, 9.17) is 10.8 Å². The first kappa shape index (κ1) is 13.1. The van der Waals surface area contributed by atoms with Crippen LogP contribution in [-0.2, 0) is 11.3 Å². The molecule has 0 fully saturated rings. The molecule has 0 radical (unpaired) electrons. The molecule has 1 atom stereocenters. The zero-order valence-electron chi connectivity index (χ0n) is 9.51. The zero-order valence-corrected chi connectivity index (χ0v) is 9.51. The Balaban J connectivity index is 2.53. The number of amides is 1. The van der Waals surface area contributed by atoms with E-state index in [-0.39, 0.29) is 11.6 Å². The lowest BCUT2D eigenvalue weighted by molar-refractivity contribution is -0.122. The third-order valence-corrected chi connectivity index (χ3v) is 2.29. The van der Waals surface area contributed by atoms with Crippen LogP contribution in [-0.4, -0.2) is 28.0 Å². The van der Waals surface area contributed by atoms with E-state index in [0.717, 1.165) is 5.56 Å². The summed E-state index contributed by atoms with van der Waals surface area (Å²) in [5, 5.41) is 11.3. The molecule has 1 unspecified atom stereocenters. The second kappa shape index (κ2) is 5.95. The van der Waals surface area contributed by atoms with Crippen molar-refractivity contribution in [2.24, 2.45) is 5.73 Å². The average molecular weight is 237 g/mol. The van der Waals surface area contributed by atoms with Gasteiger partial charge in [-0.3, -0.25) is 4.79 Å². The molecule has 1 amide bonds. The molecule has 17 heavy (non-hydrogen) atoms. The van der Waals surface area contributed by atoms with Crippen LogP contribution < -0.4 is 11.1 Å². The number of nitrogens with two attached hydrogens (primary N) is 1. The number of nitrogens with one attached hydrogen (secondary N) is 1. The van der Waals surface area contributed by atoms with Gasteiger partial charge in [0.1, 0.15) is 5.69 Å². The standard InChI is InChI=1S/C11H15N3O3/c1-2-8(12)10(15)14-6-7-3-4-9(11(16)17)13-5-7/h3-5,8H,2,6,12H2,1H3,(H,14,15)(H,16,17). The molecule has 6 heteroatoms. The molecular weight excluding hydrogens is 222 g/mol. The summed E-state index contributed by atoms with van der Waals surface area (Å²) in [6.07, 6.45) is 1.99. The number of hydrogen-bond donors (Lipinski definition) is 3. The fourth-order valence-corrected chi connectivity index (χ4v) is 1.16. The third-order valence-electron chi connectivity index (χ3n) is 2.29. The number of carboxylic acids is 1. The molecule has 0 saturated heterocycles. The summed E-state index contributed by atoms with van der Waals surface area (Å²) in [4.78, 5) is 25.7. The van der Waals surface area contributed by atoms with Gasteiger partial charge in [-0.2, -0.15) is 0 Å². The van der Waals surface area contributed by atoms with Crippen LogP contribution >= 0.6 is 0 Å². The summed E-state index contributed by atoms with van der Waals surface area (Å²) in [6.45, 7) is 2.12. The van der Waals surface area contributed by atoms with Gasteiger partial charge >= 0.3 is 5.97 Å². The minimum atomic E-state index is -1.08. The molecule has 1 heterocycles. The number of hydrogen-bond acceptors (Lipinski definition) is 4. The molecule has 0 aliphatic heterocycles. The molecule has 92 valence electrons. The van der Waals surface area contributed by atoms with Crippen LogP contribution in [0.2, 0.25) is 0 Å². The van der Waals surface area contributed by atoms with Crippen LogP contribution in [0.3, 0.4) is 0 Å². The van der Waals surface area contributed by atoms with Gasteiger partial charge in [-0.15, -0.1) is 0 Å². The number of aromatic carboxylic acids is 1. The van der Waals surface area contributed by atoms with Gasteiger partial charge in [0.05, 0.1) is 6.04 Å². The van der Waals surface area contributed by atoms with Crippen molar-refractivity contribution in [3.63, 3.8) is 0 Å². The normalized spacial score (nSPS) is 11.9. The summed E-state index contributed by atoms with van der Waals surface area (Å²) in [6, 6.07) is 2.49. The third kappa shape index (κ3) is 3.84. The maximum atomic E-state index is 11.4.